The molecule has 0 radical (unpaired) electrons. The SMILES string of the molecule is CCOC(=O)C(C)(NC1CC1)c1cccc(O)c1. The maximum atomic E-state index is 12.2. The molecule has 1 aliphatic rings. The molecular weight excluding hydrogens is 230 g/mol. The average Bonchev–Trinajstić information content (AvgIpc) is 3.13. The van der Waals surface area contributed by atoms with Crippen molar-refractivity contribution in [2.45, 2.75) is 38.3 Å². The van der Waals surface area contributed by atoms with Crippen molar-refractivity contribution in [2.24, 2.45) is 0 Å². The van der Waals surface area contributed by atoms with Crippen LogP contribution < -0.4 is 5.32 Å². The molecule has 0 saturated heterocycles. The molecule has 2 N–H and O–H groups in total. The highest BCUT2D eigenvalue weighted by Crippen LogP contribution is 2.31. The van der Waals surface area contributed by atoms with Crippen LogP contribution in [0.2, 0.25) is 0 Å². The summed E-state index contributed by atoms with van der Waals surface area (Å²) in [6.07, 6.45) is 2.15. The van der Waals surface area contributed by atoms with Crippen LogP contribution >= 0.6 is 0 Å². The van der Waals surface area contributed by atoms with Gasteiger partial charge in [0.2, 0.25) is 0 Å². The summed E-state index contributed by atoms with van der Waals surface area (Å²) < 4.78 is 5.15. The zero-order valence-electron chi connectivity index (χ0n) is 10.8. The second-order valence-electron chi connectivity index (χ2n) is 4.81. The molecule has 4 nitrogen and oxygen atoms in total. The number of benzene rings is 1. The first-order chi connectivity index (χ1) is 8.56. The summed E-state index contributed by atoms with van der Waals surface area (Å²) in [5.74, 6) is -0.150. The van der Waals surface area contributed by atoms with Gasteiger partial charge in [-0.05, 0) is 44.4 Å². The van der Waals surface area contributed by atoms with Crippen molar-refractivity contribution in [3.63, 3.8) is 0 Å². The first-order valence-corrected chi connectivity index (χ1v) is 6.30. The predicted octanol–water partition coefficient (Wildman–Crippen LogP) is 1.92. The van der Waals surface area contributed by atoms with Crippen molar-refractivity contribution in [2.75, 3.05) is 6.61 Å². The molecule has 1 saturated carbocycles. The van der Waals surface area contributed by atoms with Gasteiger partial charge in [0.1, 0.15) is 11.3 Å². The molecule has 0 heterocycles. The molecule has 1 aromatic carbocycles. The normalized spacial score (nSPS) is 18.1. The van der Waals surface area contributed by atoms with E-state index in [1.165, 1.54) is 0 Å². The van der Waals surface area contributed by atoms with Crippen LogP contribution in [0.25, 0.3) is 0 Å². The Morgan fingerprint density at radius 1 is 1.56 bits per heavy atom. The summed E-state index contributed by atoms with van der Waals surface area (Å²) in [7, 11) is 0. The van der Waals surface area contributed by atoms with Crippen molar-refractivity contribution in [1.29, 1.82) is 0 Å². The molecule has 1 atom stereocenters. The summed E-state index contributed by atoms with van der Waals surface area (Å²) in [6.45, 7) is 3.94. The van der Waals surface area contributed by atoms with Crippen LogP contribution in [-0.2, 0) is 15.1 Å². The Hall–Kier alpha value is -1.55. The monoisotopic (exact) mass is 249 g/mol. The van der Waals surface area contributed by atoms with Gasteiger partial charge in [0.15, 0.2) is 0 Å². The quantitative estimate of drug-likeness (QED) is 0.783. The molecule has 1 aromatic rings. The molecule has 1 fully saturated rings. The molecule has 2 rings (SSSR count). The van der Waals surface area contributed by atoms with E-state index >= 15 is 0 Å². The van der Waals surface area contributed by atoms with Gasteiger partial charge in [-0.25, -0.2) is 4.79 Å². The zero-order valence-corrected chi connectivity index (χ0v) is 10.8. The molecule has 0 aromatic heterocycles. The van der Waals surface area contributed by atoms with Gasteiger partial charge >= 0.3 is 5.97 Å². The van der Waals surface area contributed by atoms with Gasteiger partial charge in [-0.1, -0.05) is 12.1 Å². The lowest BCUT2D eigenvalue weighted by atomic mass is 9.91. The van der Waals surface area contributed by atoms with Crippen LogP contribution in [0.4, 0.5) is 0 Å². The Morgan fingerprint density at radius 3 is 2.83 bits per heavy atom. The lowest BCUT2D eigenvalue weighted by Crippen LogP contribution is -2.48. The fourth-order valence-electron chi connectivity index (χ4n) is 1.99. The predicted molar refractivity (Wildman–Crippen MR) is 68.2 cm³/mol. The minimum absolute atomic E-state index is 0.153. The number of carbonyl (C=O) groups is 1. The topological polar surface area (TPSA) is 58.6 Å². The number of carbonyl (C=O) groups excluding carboxylic acids is 1. The fraction of sp³-hybridized carbons (Fsp3) is 0.500. The minimum Gasteiger partial charge on any atom is -0.508 e. The number of phenols is 1. The smallest absolute Gasteiger partial charge is 0.330 e. The summed E-state index contributed by atoms with van der Waals surface area (Å²) in [4.78, 5) is 12.2. The van der Waals surface area contributed by atoms with Crippen LogP contribution in [0.3, 0.4) is 0 Å². The fourth-order valence-corrected chi connectivity index (χ4v) is 1.99. The molecular formula is C14H19NO3. The van der Waals surface area contributed by atoms with Crippen LogP contribution in [0.5, 0.6) is 5.75 Å². The molecule has 1 aliphatic carbocycles. The van der Waals surface area contributed by atoms with Gasteiger partial charge in [-0.15, -0.1) is 0 Å². The third-order valence-electron chi connectivity index (χ3n) is 3.18. The van der Waals surface area contributed by atoms with Crippen molar-refractivity contribution in [3.05, 3.63) is 29.8 Å². The van der Waals surface area contributed by atoms with Crippen molar-refractivity contribution >= 4 is 5.97 Å². The highest BCUT2D eigenvalue weighted by molar-refractivity contribution is 5.82. The zero-order chi connectivity index (χ0) is 13.2. The first kappa shape index (κ1) is 12.9. The van der Waals surface area contributed by atoms with Gasteiger partial charge in [0.25, 0.3) is 0 Å². The van der Waals surface area contributed by atoms with Crippen molar-refractivity contribution < 1.29 is 14.6 Å². The Balaban J connectivity index is 2.30. The number of ether oxygens (including phenoxy) is 1. The summed E-state index contributed by atoms with van der Waals surface area (Å²) in [6, 6.07) is 7.11. The second kappa shape index (κ2) is 4.98. The molecule has 4 heteroatoms. The first-order valence-electron chi connectivity index (χ1n) is 6.30. The van der Waals surface area contributed by atoms with Gasteiger partial charge in [-0.3, -0.25) is 5.32 Å². The van der Waals surface area contributed by atoms with Gasteiger partial charge < -0.3 is 9.84 Å². The number of hydrogen-bond acceptors (Lipinski definition) is 4. The maximum Gasteiger partial charge on any atom is 0.330 e. The number of phenolic OH excluding ortho intramolecular Hbond substituents is 1. The van der Waals surface area contributed by atoms with Gasteiger partial charge in [0.05, 0.1) is 6.61 Å². The Morgan fingerprint density at radius 2 is 2.28 bits per heavy atom. The number of nitrogens with one attached hydrogen (secondary N) is 1. The maximum absolute atomic E-state index is 12.2. The molecule has 0 bridgehead atoms. The van der Waals surface area contributed by atoms with Crippen LogP contribution in [0.1, 0.15) is 32.3 Å². The van der Waals surface area contributed by atoms with Crippen LogP contribution in [0, 0.1) is 0 Å². The molecule has 0 amide bonds. The minimum atomic E-state index is -0.893. The third kappa shape index (κ3) is 2.64. The van der Waals surface area contributed by atoms with E-state index in [2.05, 4.69) is 5.32 Å². The molecule has 0 aliphatic heterocycles. The van der Waals surface area contributed by atoms with E-state index in [1.807, 2.05) is 6.07 Å². The summed E-state index contributed by atoms with van der Waals surface area (Å²) in [5, 5.41) is 12.9. The number of rotatable bonds is 5. The molecule has 1 unspecified atom stereocenters. The largest absolute Gasteiger partial charge is 0.508 e. The number of hydrogen-bond donors (Lipinski definition) is 2. The van der Waals surface area contributed by atoms with Crippen molar-refractivity contribution in [1.82, 2.24) is 5.32 Å². The van der Waals surface area contributed by atoms with Crippen molar-refractivity contribution in [3.8, 4) is 5.75 Å². The van der Waals surface area contributed by atoms with Gasteiger partial charge in [-0.2, -0.15) is 0 Å². The Kier molecular flexibility index (Phi) is 3.57. The van der Waals surface area contributed by atoms with E-state index in [0.29, 0.717) is 12.6 Å². The van der Waals surface area contributed by atoms with Crippen LogP contribution in [-0.4, -0.2) is 23.7 Å². The summed E-state index contributed by atoms with van der Waals surface area (Å²) in [5.41, 5.74) is -0.163. The Bertz CT molecular complexity index is 442. The molecule has 0 spiro atoms. The van der Waals surface area contributed by atoms with E-state index in [4.69, 9.17) is 4.74 Å². The Labute approximate surface area is 107 Å². The number of esters is 1. The molecule has 98 valence electrons. The molecule has 18 heavy (non-hydrogen) atoms. The number of aromatic hydroxyl groups is 1. The van der Waals surface area contributed by atoms with E-state index in [1.54, 1.807) is 32.0 Å². The van der Waals surface area contributed by atoms with E-state index < -0.39 is 5.54 Å². The lowest BCUT2D eigenvalue weighted by Gasteiger charge is -2.29. The van der Waals surface area contributed by atoms with Crippen LogP contribution in [0.15, 0.2) is 24.3 Å². The lowest BCUT2D eigenvalue weighted by molar-refractivity contribution is -0.151. The van der Waals surface area contributed by atoms with E-state index in [0.717, 1.165) is 18.4 Å². The van der Waals surface area contributed by atoms with E-state index in [9.17, 15) is 9.90 Å². The highest BCUT2D eigenvalue weighted by atomic mass is 16.5. The second-order valence-corrected chi connectivity index (χ2v) is 4.81. The third-order valence-corrected chi connectivity index (χ3v) is 3.18. The average molecular weight is 249 g/mol. The van der Waals surface area contributed by atoms with Gasteiger partial charge in [0, 0.05) is 6.04 Å². The van der Waals surface area contributed by atoms with E-state index in [-0.39, 0.29) is 11.7 Å². The summed E-state index contributed by atoms with van der Waals surface area (Å²) >= 11 is 0. The highest BCUT2D eigenvalue weighted by Gasteiger charge is 2.41. The standard InChI is InChI=1S/C14H19NO3/c1-3-18-13(17)14(2,15-11-7-8-11)10-5-4-6-12(16)9-10/h4-6,9,11,15-16H,3,7-8H2,1-2H3.